The van der Waals surface area contributed by atoms with Crippen LogP contribution in [-0.2, 0) is 6.42 Å². The predicted molar refractivity (Wildman–Crippen MR) is 48.7 cm³/mol. The molecule has 1 heterocycles. The van der Waals surface area contributed by atoms with Crippen LogP contribution < -0.4 is 5.43 Å². The van der Waals surface area contributed by atoms with Crippen LogP contribution in [0.5, 0.6) is 0 Å². The largest absolute Gasteiger partial charge is 0.304 e. The molecule has 0 amide bonds. The lowest BCUT2D eigenvalue weighted by molar-refractivity contribution is 0.492. The molecule has 0 atom stereocenters. The van der Waals surface area contributed by atoms with E-state index in [1.54, 1.807) is 6.33 Å². The van der Waals surface area contributed by atoms with Crippen molar-refractivity contribution in [2.24, 2.45) is 0 Å². The van der Waals surface area contributed by atoms with E-state index in [0.717, 1.165) is 17.9 Å². The van der Waals surface area contributed by atoms with Crippen molar-refractivity contribution in [1.29, 1.82) is 0 Å². The lowest BCUT2D eigenvalue weighted by Gasteiger charge is -2.12. The van der Waals surface area contributed by atoms with Gasteiger partial charge in [0, 0.05) is 25.9 Å². The van der Waals surface area contributed by atoms with Crippen LogP contribution in [0.15, 0.2) is 12.4 Å². The molecule has 12 heavy (non-hydrogen) atoms. The van der Waals surface area contributed by atoms with Crippen LogP contribution in [0.1, 0.15) is 12.6 Å². The summed E-state index contributed by atoms with van der Waals surface area (Å²) in [4.78, 5) is 8.16. The van der Waals surface area contributed by atoms with E-state index in [2.05, 4.69) is 22.3 Å². The van der Waals surface area contributed by atoms with Crippen LogP contribution in [0, 0.1) is 0 Å². The predicted octanol–water partition coefficient (Wildman–Crippen LogP) is 0.927. The smallest absolute Gasteiger partial charge is 0.143 e. The highest BCUT2D eigenvalue weighted by Crippen LogP contribution is 2.03. The summed E-state index contributed by atoms with van der Waals surface area (Å²) in [6, 6.07) is 1.94. The Hall–Kier alpha value is -1.16. The van der Waals surface area contributed by atoms with Crippen molar-refractivity contribution in [2.75, 3.05) is 19.5 Å². The molecule has 1 N–H and O–H groups in total. The van der Waals surface area contributed by atoms with Gasteiger partial charge >= 0.3 is 0 Å². The van der Waals surface area contributed by atoms with Crippen molar-refractivity contribution in [3.8, 4) is 0 Å². The lowest BCUT2D eigenvalue weighted by atomic mass is 10.3. The third kappa shape index (κ3) is 2.47. The molecule has 0 spiro atoms. The molecule has 1 aromatic rings. The van der Waals surface area contributed by atoms with E-state index in [9.17, 15) is 0 Å². The minimum atomic E-state index is 0.840. The molecule has 0 saturated carbocycles. The normalized spacial score (nSPS) is 10.3. The summed E-state index contributed by atoms with van der Waals surface area (Å²) in [6.07, 6.45) is 2.51. The Morgan fingerprint density at radius 3 is 2.75 bits per heavy atom. The van der Waals surface area contributed by atoms with Gasteiger partial charge in [0.1, 0.15) is 12.1 Å². The molecule has 0 aromatic carbocycles. The van der Waals surface area contributed by atoms with Gasteiger partial charge in [-0.15, -0.1) is 0 Å². The number of aromatic nitrogens is 2. The minimum Gasteiger partial charge on any atom is -0.304 e. The van der Waals surface area contributed by atoms with Crippen molar-refractivity contribution >= 4 is 5.82 Å². The maximum Gasteiger partial charge on any atom is 0.143 e. The molecule has 0 saturated heterocycles. The zero-order chi connectivity index (χ0) is 8.97. The SMILES string of the molecule is CCc1cc(NN(C)C)ncn1. The Bertz CT molecular complexity index is 247. The van der Waals surface area contributed by atoms with Crippen molar-refractivity contribution in [3.63, 3.8) is 0 Å². The first-order valence-electron chi connectivity index (χ1n) is 3.97. The van der Waals surface area contributed by atoms with Gasteiger partial charge in [-0.05, 0) is 6.42 Å². The summed E-state index contributed by atoms with van der Waals surface area (Å²) >= 11 is 0. The zero-order valence-corrected chi connectivity index (χ0v) is 7.70. The summed E-state index contributed by atoms with van der Waals surface area (Å²) in [5.74, 6) is 0.840. The first-order chi connectivity index (χ1) is 5.72. The molecule has 66 valence electrons. The molecular formula is C8H14N4. The van der Waals surface area contributed by atoms with Crippen molar-refractivity contribution < 1.29 is 0 Å². The van der Waals surface area contributed by atoms with Gasteiger partial charge in [-0.2, -0.15) is 0 Å². The maximum atomic E-state index is 4.10. The van der Waals surface area contributed by atoms with Gasteiger partial charge in [0.25, 0.3) is 0 Å². The molecule has 0 fully saturated rings. The Morgan fingerprint density at radius 2 is 2.17 bits per heavy atom. The highest BCUT2D eigenvalue weighted by Gasteiger charge is 1.96. The fourth-order valence-corrected chi connectivity index (χ4v) is 0.881. The molecule has 4 nitrogen and oxygen atoms in total. The molecule has 4 heteroatoms. The van der Waals surface area contributed by atoms with Gasteiger partial charge in [0.15, 0.2) is 0 Å². The van der Waals surface area contributed by atoms with Crippen LogP contribution in [-0.4, -0.2) is 29.1 Å². The van der Waals surface area contributed by atoms with Gasteiger partial charge in [0.05, 0.1) is 0 Å². The summed E-state index contributed by atoms with van der Waals surface area (Å²) in [5.41, 5.74) is 4.11. The number of hydrogen-bond donors (Lipinski definition) is 1. The van der Waals surface area contributed by atoms with Crippen LogP contribution >= 0.6 is 0 Å². The number of hydrazine groups is 1. The molecule has 0 aliphatic rings. The second kappa shape index (κ2) is 4.01. The van der Waals surface area contributed by atoms with Gasteiger partial charge < -0.3 is 5.43 Å². The third-order valence-corrected chi connectivity index (χ3v) is 1.42. The van der Waals surface area contributed by atoms with E-state index in [4.69, 9.17) is 0 Å². The summed E-state index contributed by atoms with van der Waals surface area (Å²) in [7, 11) is 3.85. The lowest BCUT2D eigenvalue weighted by Crippen LogP contribution is -2.20. The molecule has 1 rings (SSSR count). The van der Waals surface area contributed by atoms with Gasteiger partial charge in [0.2, 0.25) is 0 Å². The second-order valence-corrected chi connectivity index (χ2v) is 2.75. The van der Waals surface area contributed by atoms with Crippen LogP contribution in [0.25, 0.3) is 0 Å². The number of rotatable bonds is 3. The van der Waals surface area contributed by atoms with Crippen molar-refractivity contribution in [1.82, 2.24) is 15.0 Å². The van der Waals surface area contributed by atoms with Crippen LogP contribution in [0.4, 0.5) is 5.82 Å². The van der Waals surface area contributed by atoms with E-state index in [1.807, 2.05) is 25.2 Å². The van der Waals surface area contributed by atoms with Gasteiger partial charge in [-0.25, -0.2) is 15.0 Å². The van der Waals surface area contributed by atoms with E-state index >= 15 is 0 Å². The maximum absolute atomic E-state index is 4.10. The standard InChI is InChI=1S/C8H14N4/c1-4-7-5-8(10-6-9-7)11-12(2)3/h5-6H,4H2,1-3H3,(H,9,10,11). The number of nitrogens with zero attached hydrogens (tertiary/aromatic N) is 3. The summed E-state index contributed by atoms with van der Waals surface area (Å²) < 4.78 is 0. The highest BCUT2D eigenvalue weighted by atomic mass is 15.5. The Morgan fingerprint density at radius 1 is 1.42 bits per heavy atom. The summed E-state index contributed by atoms with van der Waals surface area (Å²) in [5, 5.41) is 1.85. The zero-order valence-electron chi connectivity index (χ0n) is 7.70. The van der Waals surface area contributed by atoms with Crippen molar-refractivity contribution in [2.45, 2.75) is 13.3 Å². The molecule has 1 aromatic heterocycles. The van der Waals surface area contributed by atoms with Crippen LogP contribution in [0.2, 0.25) is 0 Å². The molecule has 0 aliphatic carbocycles. The molecule has 0 aliphatic heterocycles. The van der Waals surface area contributed by atoms with E-state index < -0.39 is 0 Å². The van der Waals surface area contributed by atoms with Gasteiger partial charge in [-0.1, -0.05) is 6.92 Å². The Kier molecular flexibility index (Phi) is 2.99. The fraction of sp³-hybridized carbons (Fsp3) is 0.500. The number of hydrogen-bond acceptors (Lipinski definition) is 4. The van der Waals surface area contributed by atoms with Crippen molar-refractivity contribution in [3.05, 3.63) is 18.1 Å². The molecule has 0 unspecified atom stereocenters. The second-order valence-electron chi connectivity index (χ2n) is 2.75. The Labute approximate surface area is 72.6 Å². The van der Waals surface area contributed by atoms with Crippen LogP contribution in [0.3, 0.4) is 0 Å². The molecule has 0 bridgehead atoms. The highest BCUT2D eigenvalue weighted by molar-refractivity contribution is 5.33. The average molecular weight is 166 g/mol. The monoisotopic (exact) mass is 166 g/mol. The third-order valence-electron chi connectivity index (χ3n) is 1.42. The summed E-state index contributed by atoms with van der Waals surface area (Å²) in [6.45, 7) is 2.07. The average Bonchev–Trinajstić information content (AvgIpc) is 2.03. The fourth-order valence-electron chi connectivity index (χ4n) is 0.881. The quantitative estimate of drug-likeness (QED) is 0.678. The number of nitrogens with one attached hydrogen (secondary N) is 1. The number of aryl methyl sites for hydroxylation is 1. The minimum absolute atomic E-state index is 0.840. The topological polar surface area (TPSA) is 41.0 Å². The molecular weight excluding hydrogens is 152 g/mol. The van der Waals surface area contributed by atoms with Gasteiger partial charge in [-0.3, -0.25) is 0 Å². The first-order valence-corrected chi connectivity index (χ1v) is 3.97. The first kappa shape index (κ1) is 8.93. The van der Waals surface area contributed by atoms with E-state index in [1.165, 1.54) is 0 Å². The Balaban J connectivity index is 2.72. The van der Waals surface area contributed by atoms with E-state index in [0.29, 0.717) is 0 Å². The number of anilines is 1. The molecule has 0 radical (unpaired) electrons. The van der Waals surface area contributed by atoms with E-state index in [-0.39, 0.29) is 0 Å².